The Bertz CT molecular complexity index is 179. The zero-order valence-electron chi connectivity index (χ0n) is 8.75. The Morgan fingerprint density at radius 1 is 1.57 bits per heavy atom. The molecule has 0 aliphatic heterocycles. The lowest BCUT2D eigenvalue weighted by atomic mass is 10.2. The molecule has 14 heavy (non-hydrogen) atoms. The molecule has 0 aromatic rings. The number of carbonyl (C=O) groups is 1. The van der Waals surface area contributed by atoms with E-state index in [4.69, 9.17) is 5.11 Å². The van der Waals surface area contributed by atoms with Gasteiger partial charge in [0, 0.05) is 12.6 Å². The topological polar surface area (TPSA) is 61.4 Å². The largest absolute Gasteiger partial charge is 0.393 e. The number of hydrogen-bond donors (Lipinski definition) is 3. The molecule has 1 atom stereocenters. The van der Waals surface area contributed by atoms with Crippen LogP contribution < -0.4 is 10.6 Å². The molecule has 1 saturated carbocycles. The smallest absolute Gasteiger partial charge is 0.233 e. The third-order valence-corrected chi connectivity index (χ3v) is 2.25. The van der Waals surface area contributed by atoms with E-state index >= 15 is 0 Å². The van der Waals surface area contributed by atoms with E-state index in [1.165, 1.54) is 12.8 Å². The van der Waals surface area contributed by atoms with E-state index in [1.807, 2.05) is 0 Å². The molecule has 0 spiro atoms. The van der Waals surface area contributed by atoms with Gasteiger partial charge in [0.25, 0.3) is 0 Å². The van der Waals surface area contributed by atoms with Crippen LogP contribution in [0.5, 0.6) is 0 Å². The summed E-state index contributed by atoms with van der Waals surface area (Å²) in [4.78, 5) is 11.2. The van der Waals surface area contributed by atoms with Crippen LogP contribution in [0.15, 0.2) is 0 Å². The number of nitrogens with one attached hydrogen (secondary N) is 2. The van der Waals surface area contributed by atoms with E-state index in [-0.39, 0.29) is 12.0 Å². The molecule has 4 nitrogen and oxygen atoms in total. The maximum Gasteiger partial charge on any atom is 0.233 e. The second-order valence-electron chi connectivity index (χ2n) is 4.00. The molecular weight excluding hydrogens is 180 g/mol. The van der Waals surface area contributed by atoms with Gasteiger partial charge in [-0.25, -0.2) is 0 Å². The van der Waals surface area contributed by atoms with E-state index in [1.54, 1.807) is 6.92 Å². The van der Waals surface area contributed by atoms with Crippen molar-refractivity contribution in [2.75, 3.05) is 13.1 Å². The van der Waals surface area contributed by atoms with E-state index in [2.05, 4.69) is 10.6 Å². The van der Waals surface area contributed by atoms with Gasteiger partial charge in [-0.3, -0.25) is 4.79 Å². The lowest BCUT2D eigenvalue weighted by Crippen LogP contribution is -2.35. The van der Waals surface area contributed by atoms with Crippen LogP contribution in [0.4, 0.5) is 0 Å². The number of amides is 1. The van der Waals surface area contributed by atoms with Crippen molar-refractivity contribution in [1.82, 2.24) is 10.6 Å². The molecule has 4 heteroatoms. The van der Waals surface area contributed by atoms with E-state index in [0.717, 1.165) is 12.8 Å². The molecule has 0 heterocycles. The minimum absolute atomic E-state index is 0.0579. The summed E-state index contributed by atoms with van der Waals surface area (Å²) in [6, 6.07) is 0.582. The third-order valence-electron chi connectivity index (χ3n) is 2.25. The zero-order valence-corrected chi connectivity index (χ0v) is 8.75. The van der Waals surface area contributed by atoms with Crippen molar-refractivity contribution in [1.29, 1.82) is 0 Å². The monoisotopic (exact) mass is 200 g/mol. The summed E-state index contributed by atoms with van der Waals surface area (Å²) in [5.41, 5.74) is 0. The van der Waals surface area contributed by atoms with Gasteiger partial charge >= 0.3 is 0 Å². The van der Waals surface area contributed by atoms with Crippen molar-refractivity contribution < 1.29 is 9.90 Å². The van der Waals surface area contributed by atoms with Gasteiger partial charge < -0.3 is 15.7 Å². The SMILES string of the molecule is CC(O)CCCNC(=O)CNC1CC1. The second-order valence-corrected chi connectivity index (χ2v) is 4.00. The van der Waals surface area contributed by atoms with Crippen LogP contribution in [-0.2, 0) is 4.79 Å². The predicted octanol–water partition coefficient (Wildman–Crippen LogP) is 0.0156. The summed E-state index contributed by atoms with van der Waals surface area (Å²) < 4.78 is 0. The molecule has 0 radical (unpaired) electrons. The summed E-state index contributed by atoms with van der Waals surface area (Å²) in [6.07, 6.45) is 3.73. The molecular formula is C10H20N2O2. The highest BCUT2D eigenvalue weighted by atomic mass is 16.3. The molecule has 1 amide bonds. The van der Waals surface area contributed by atoms with Crippen LogP contribution >= 0.6 is 0 Å². The average molecular weight is 200 g/mol. The van der Waals surface area contributed by atoms with Gasteiger partial charge in [-0.2, -0.15) is 0 Å². The highest BCUT2D eigenvalue weighted by molar-refractivity contribution is 5.77. The molecule has 1 fully saturated rings. The van der Waals surface area contributed by atoms with Crippen molar-refractivity contribution >= 4 is 5.91 Å². The van der Waals surface area contributed by atoms with Crippen molar-refractivity contribution in [2.45, 2.75) is 44.8 Å². The van der Waals surface area contributed by atoms with Crippen LogP contribution in [0, 0.1) is 0 Å². The molecule has 0 saturated heterocycles. The normalized spacial score (nSPS) is 17.9. The minimum atomic E-state index is -0.267. The Morgan fingerprint density at radius 2 is 2.29 bits per heavy atom. The molecule has 0 bridgehead atoms. The maximum atomic E-state index is 11.2. The first-order valence-corrected chi connectivity index (χ1v) is 5.36. The van der Waals surface area contributed by atoms with Gasteiger partial charge in [-0.15, -0.1) is 0 Å². The molecule has 82 valence electrons. The Kier molecular flexibility index (Phi) is 4.90. The van der Waals surface area contributed by atoms with Gasteiger partial charge in [0.15, 0.2) is 0 Å². The maximum absolute atomic E-state index is 11.2. The molecule has 1 aliphatic carbocycles. The van der Waals surface area contributed by atoms with Gasteiger partial charge in [0.05, 0.1) is 12.6 Å². The summed E-state index contributed by atoms with van der Waals surface area (Å²) in [7, 11) is 0. The standard InChI is InChI=1S/C10H20N2O2/c1-8(13)3-2-6-11-10(14)7-12-9-4-5-9/h8-9,12-13H,2-7H2,1H3,(H,11,14). The Balaban J connectivity index is 1.86. The first kappa shape index (κ1) is 11.5. The lowest BCUT2D eigenvalue weighted by molar-refractivity contribution is -0.120. The van der Waals surface area contributed by atoms with Gasteiger partial charge in [-0.05, 0) is 32.6 Å². The molecule has 3 N–H and O–H groups in total. The van der Waals surface area contributed by atoms with E-state index in [0.29, 0.717) is 19.1 Å². The number of hydrogen-bond acceptors (Lipinski definition) is 3. The van der Waals surface area contributed by atoms with Crippen molar-refractivity contribution in [3.8, 4) is 0 Å². The average Bonchev–Trinajstić information content (AvgIpc) is 2.92. The molecule has 0 aromatic heterocycles. The van der Waals surface area contributed by atoms with Crippen molar-refractivity contribution in [3.05, 3.63) is 0 Å². The number of aliphatic hydroxyl groups is 1. The summed E-state index contributed by atoms with van der Waals surface area (Å²) in [5, 5.41) is 14.9. The minimum Gasteiger partial charge on any atom is -0.393 e. The number of rotatable bonds is 7. The molecule has 1 unspecified atom stereocenters. The van der Waals surface area contributed by atoms with Crippen LogP contribution in [0.1, 0.15) is 32.6 Å². The lowest BCUT2D eigenvalue weighted by Gasteiger charge is -2.06. The predicted molar refractivity (Wildman–Crippen MR) is 54.9 cm³/mol. The Hall–Kier alpha value is -0.610. The fourth-order valence-corrected chi connectivity index (χ4v) is 1.21. The fourth-order valence-electron chi connectivity index (χ4n) is 1.21. The van der Waals surface area contributed by atoms with Crippen LogP contribution in [0.3, 0.4) is 0 Å². The summed E-state index contributed by atoms with van der Waals surface area (Å²) >= 11 is 0. The van der Waals surface area contributed by atoms with E-state index in [9.17, 15) is 4.79 Å². The number of carbonyl (C=O) groups excluding carboxylic acids is 1. The van der Waals surface area contributed by atoms with Crippen molar-refractivity contribution in [2.24, 2.45) is 0 Å². The van der Waals surface area contributed by atoms with Gasteiger partial charge in [0.2, 0.25) is 5.91 Å². The first-order chi connectivity index (χ1) is 6.68. The molecule has 0 aromatic carbocycles. The number of aliphatic hydroxyl groups excluding tert-OH is 1. The molecule has 1 aliphatic rings. The summed E-state index contributed by atoms with van der Waals surface area (Å²) in [6.45, 7) is 2.85. The quantitative estimate of drug-likeness (QED) is 0.508. The van der Waals surface area contributed by atoms with E-state index < -0.39 is 0 Å². The van der Waals surface area contributed by atoms with Crippen LogP contribution in [0.25, 0.3) is 0 Å². The van der Waals surface area contributed by atoms with Crippen LogP contribution in [-0.4, -0.2) is 36.2 Å². The summed E-state index contributed by atoms with van der Waals surface area (Å²) in [5.74, 6) is 0.0579. The third kappa shape index (κ3) is 5.94. The van der Waals surface area contributed by atoms with Gasteiger partial charge in [-0.1, -0.05) is 0 Å². The highest BCUT2D eigenvalue weighted by Crippen LogP contribution is 2.17. The fraction of sp³-hybridized carbons (Fsp3) is 0.900. The Labute approximate surface area is 85.1 Å². The second kappa shape index (κ2) is 5.98. The molecule has 1 rings (SSSR count). The first-order valence-electron chi connectivity index (χ1n) is 5.36. The Morgan fingerprint density at radius 3 is 2.86 bits per heavy atom. The van der Waals surface area contributed by atoms with Crippen LogP contribution in [0.2, 0.25) is 0 Å². The highest BCUT2D eigenvalue weighted by Gasteiger charge is 2.20. The van der Waals surface area contributed by atoms with Crippen molar-refractivity contribution in [3.63, 3.8) is 0 Å². The van der Waals surface area contributed by atoms with Gasteiger partial charge in [0.1, 0.15) is 0 Å². The zero-order chi connectivity index (χ0) is 10.4.